The van der Waals surface area contributed by atoms with E-state index in [1.165, 1.54) is 0 Å². The molecule has 2 amide bonds. The maximum Gasteiger partial charge on any atom is 0.274 e. The molecule has 3 rings (SSSR count). The molecule has 112 valence electrons. The monoisotopic (exact) mass is 289 g/mol. The van der Waals surface area contributed by atoms with Crippen LogP contribution in [0.15, 0.2) is 12.4 Å². The highest BCUT2D eigenvalue weighted by molar-refractivity contribution is 5.92. The van der Waals surface area contributed by atoms with Gasteiger partial charge in [0.15, 0.2) is 0 Å². The van der Waals surface area contributed by atoms with Crippen LogP contribution < -0.4 is 4.90 Å². The molecule has 7 nitrogen and oxygen atoms in total. The second-order valence-electron chi connectivity index (χ2n) is 5.39. The Labute approximate surface area is 123 Å². The minimum absolute atomic E-state index is 0.0303. The lowest BCUT2D eigenvalue weighted by Crippen LogP contribution is -2.46. The van der Waals surface area contributed by atoms with Gasteiger partial charge in [-0.1, -0.05) is 0 Å². The predicted molar refractivity (Wildman–Crippen MR) is 77.0 cm³/mol. The van der Waals surface area contributed by atoms with Crippen LogP contribution in [0, 0.1) is 0 Å². The molecule has 0 saturated carbocycles. The average Bonchev–Trinajstić information content (AvgIpc) is 3.09. The lowest BCUT2D eigenvalue weighted by molar-refractivity contribution is -0.118. The number of carbonyl (C=O) groups is 2. The van der Waals surface area contributed by atoms with Gasteiger partial charge in [-0.05, 0) is 12.8 Å². The molecule has 1 aromatic heterocycles. The lowest BCUT2D eigenvalue weighted by Gasteiger charge is -2.33. The molecular formula is C14H19N5O2. The fraction of sp³-hybridized carbons (Fsp3) is 0.571. The van der Waals surface area contributed by atoms with Crippen molar-refractivity contribution in [3.63, 3.8) is 0 Å². The molecule has 21 heavy (non-hydrogen) atoms. The topological polar surface area (TPSA) is 69.6 Å². The van der Waals surface area contributed by atoms with Gasteiger partial charge in [0.05, 0.1) is 12.4 Å². The zero-order valence-electron chi connectivity index (χ0n) is 11.9. The summed E-state index contributed by atoms with van der Waals surface area (Å²) in [7, 11) is 0. The normalized spacial score (nSPS) is 19.0. The fourth-order valence-electron chi connectivity index (χ4n) is 2.73. The molecule has 0 unspecified atom stereocenters. The van der Waals surface area contributed by atoms with E-state index < -0.39 is 0 Å². The standard InChI is InChI=1S/C14H19N5O2/c20-11-17-5-7-18(8-6-17)13-10-15-12(9-16-13)14(21)19-3-1-2-4-19/h9-11H,1-8H2. The van der Waals surface area contributed by atoms with Crippen molar-refractivity contribution in [3.8, 4) is 0 Å². The summed E-state index contributed by atoms with van der Waals surface area (Å²) in [5.74, 6) is 0.732. The summed E-state index contributed by atoms with van der Waals surface area (Å²) >= 11 is 0. The van der Waals surface area contributed by atoms with E-state index >= 15 is 0 Å². The van der Waals surface area contributed by atoms with Gasteiger partial charge in [-0.3, -0.25) is 9.59 Å². The van der Waals surface area contributed by atoms with E-state index in [2.05, 4.69) is 14.9 Å². The minimum atomic E-state index is -0.0303. The summed E-state index contributed by atoms with van der Waals surface area (Å²) < 4.78 is 0. The number of anilines is 1. The van der Waals surface area contributed by atoms with Crippen molar-refractivity contribution in [2.75, 3.05) is 44.2 Å². The summed E-state index contributed by atoms with van der Waals surface area (Å²) in [6.07, 6.45) is 6.22. The van der Waals surface area contributed by atoms with E-state index in [0.717, 1.165) is 51.2 Å². The van der Waals surface area contributed by atoms with Gasteiger partial charge in [0, 0.05) is 39.3 Å². The number of nitrogens with zero attached hydrogens (tertiary/aromatic N) is 5. The quantitative estimate of drug-likeness (QED) is 0.732. The third-order valence-corrected chi connectivity index (χ3v) is 4.04. The Morgan fingerprint density at radius 1 is 1.00 bits per heavy atom. The average molecular weight is 289 g/mol. The smallest absolute Gasteiger partial charge is 0.274 e. The second-order valence-corrected chi connectivity index (χ2v) is 5.39. The number of aromatic nitrogens is 2. The number of likely N-dealkylation sites (tertiary alicyclic amines) is 1. The lowest BCUT2D eigenvalue weighted by atomic mass is 10.3. The summed E-state index contributed by atoms with van der Waals surface area (Å²) in [4.78, 5) is 37.1. The Morgan fingerprint density at radius 2 is 1.71 bits per heavy atom. The number of hydrogen-bond donors (Lipinski definition) is 0. The molecule has 0 radical (unpaired) electrons. The van der Waals surface area contributed by atoms with E-state index in [1.54, 1.807) is 17.3 Å². The van der Waals surface area contributed by atoms with Crippen molar-refractivity contribution in [3.05, 3.63) is 18.1 Å². The van der Waals surface area contributed by atoms with Crippen molar-refractivity contribution < 1.29 is 9.59 Å². The summed E-state index contributed by atoms with van der Waals surface area (Å²) in [5.41, 5.74) is 0.409. The van der Waals surface area contributed by atoms with Crippen molar-refractivity contribution in [2.24, 2.45) is 0 Å². The predicted octanol–water partition coefficient (Wildman–Crippen LogP) is -0.00900. The number of amides is 2. The number of hydrogen-bond acceptors (Lipinski definition) is 5. The molecule has 2 aliphatic heterocycles. The molecule has 2 aliphatic rings. The number of carbonyl (C=O) groups excluding carboxylic acids is 2. The first kappa shape index (κ1) is 13.8. The van der Waals surface area contributed by atoms with Crippen LogP contribution in [0.25, 0.3) is 0 Å². The molecule has 0 N–H and O–H groups in total. The van der Waals surface area contributed by atoms with E-state index in [-0.39, 0.29) is 5.91 Å². The molecular weight excluding hydrogens is 270 g/mol. The minimum Gasteiger partial charge on any atom is -0.352 e. The third kappa shape index (κ3) is 2.96. The van der Waals surface area contributed by atoms with Gasteiger partial charge in [-0.15, -0.1) is 0 Å². The van der Waals surface area contributed by atoms with Crippen LogP contribution in [0.5, 0.6) is 0 Å². The first-order valence-electron chi connectivity index (χ1n) is 7.33. The van der Waals surface area contributed by atoms with E-state index in [9.17, 15) is 9.59 Å². The van der Waals surface area contributed by atoms with Gasteiger partial charge in [0.1, 0.15) is 11.5 Å². The molecule has 0 bridgehead atoms. The van der Waals surface area contributed by atoms with Crippen LogP contribution in [-0.2, 0) is 4.79 Å². The van der Waals surface area contributed by atoms with Crippen molar-refractivity contribution >= 4 is 18.1 Å². The summed E-state index contributed by atoms with van der Waals surface area (Å²) in [6.45, 7) is 4.50. The van der Waals surface area contributed by atoms with E-state index in [4.69, 9.17) is 0 Å². The highest BCUT2D eigenvalue weighted by Gasteiger charge is 2.22. The molecule has 1 aromatic rings. The molecule has 0 aromatic carbocycles. The highest BCUT2D eigenvalue weighted by atomic mass is 16.2. The van der Waals surface area contributed by atoms with Gasteiger partial charge < -0.3 is 14.7 Å². The van der Waals surface area contributed by atoms with Crippen LogP contribution in [0.3, 0.4) is 0 Å². The first-order valence-corrected chi connectivity index (χ1v) is 7.33. The largest absolute Gasteiger partial charge is 0.352 e. The summed E-state index contributed by atoms with van der Waals surface area (Å²) in [6, 6.07) is 0. The first-order chi connectivity index (χ1) is 10.3. The molecule has 0 aliphatic carbocycles. The van der Waals surface area contributed by atoms with Crippen LogP contribution in [-0.4, -0.2) is 71.4 Å². The van der Waals surface area contributed by atoms with Crippen molar-refractivity contribution in [1.29, 1.82) is 0 Å². The van der Waals surface area contributed by atoms with Gasteiger partial charge >= 0.3 is 0 Å². The van der Waals surface area contributed by atoms with Gasteiger partial charge in [-0.25, -0.2) is 9.97 Å². The molecule has 2 fully saturated rings. The van der Waals surface area contributed by atoms with Crippen LogP contribution in [0.1, 0.15) is 23.3 Å². The Balaban J connectivity index is 1.64. The van der Waals surface area contributed by atoms with Gasteiger partial charge in [0.2, 0.25) is 6.41 Å². The fourth-order valence-corrected chi connectivity index (χ4v) is 2.73. The number of rotatable bonds is 3. The zero-order valence-corrected chi connectivity index (χ0v) is 11.9. The Hall–Kier alpha value is -2.18. The summed E-state index contributed by atoms with van der Waals surface area (Å²) in [5, 5.41) is 0. The Bertz CT molecular complexity index is 505. The SMILES string of the molecule is O=CN1CCN(c2cnc(C(=O)N3CCCC3)cn2)CC1. The Morgan fingerprint density at radius 3 is 2.29 bits per heavy atom. The third-order valence-electron chi connectivity index (χ3n) is 4.04. The van der Waals surface area contributed by atoms with Gasteiger partial charge in [-0.2, -0.15) is 0 Å². The van der Waals surface area contributed by atoms with E-state index in [1.807, 2.05) is 4.90 Å². The van der Waals surface area contributed by atoms with Crippen molar-refractivity contribution in [1.82, 2.24) is 19.8 Å². The van der Waals surface area contributed by atoms with Crippen LogP contribution >= 0.6 is 0 Å². The van der Waals surface area contributed by atoms with Crippen molar-refractivity contribution in [2.45, 2.75) is 12.8 Å². The highest BCUT2D eigenvalue weighted by Crippen LogP contribution is 2.14. The zero-order chi connectivity index (χ0) is 14.7. The molecule has 0 spiro atoms. The van der Waals surface area contributed by atoms with Crippen LogP contribution in [0.4, 0.5) is 5.82 Å². The molecule has 3 heterocycles. The maximum atomic E-state index is 12.2. The maximum absolute atomic E-state index is 12.2. The van der Waals surface area contributed by atoms with E-state index in [0.29, 0.717) is 18.8 Å². The Kier molecular flexibility index (Phi) is 3.98. The molecule has 0 atom stereocenters. The molecule has 2 saturated heterocycles. The second kappa shape index (κ2) is 6.07. The van der Waals surface area contributed by atoms with Crippen LogP contribution in [0.2, 0.25) is 0 Å². The molecule has 7 heteroatoms. The number of piperazine rings is 1. The van der Waals surface area contributed by atoms with Gasteiger partial charge in [0.25, 0.3) is 5.91 Å².